The van der Waals surface area contributed by atoms with E-state index in [-0.39, 0.29) is 4.83 Å². The van der Waals surface area contributed by atoms with Crippen molar-refractivity contribution in [1.29, 1.82) is 0 Å². The fourth-order valence-corrected chi connectivity index (χ4v) is 3.79. The third-order valence-electron chi connectivity index (χ3n) is 1.76. The zero-order valence-corrected chi connectivity index (χ0v) is 13.5. The third kappa shape index (κ3) is 2.69. The van der Waals surface area contributed by atoms with E-state index in [1.54, 1.807) is 0 Å². The SMILES string of the molecule is Clc1sc(C(Br)c2ccc(Br)o2)cc1Br. The van der Waals surface area contributed by atoms with Crippen LogP contribution < -0.4 is 0 Å². The van der Waals surface area contributed by atoms with Gasteiger partial charge in [-0.05, 0) is 50.1 Å². The molecule has 0 fully saturated rings. The van der Waals surface area contributed by atoms with Crippen molar-refractivity contribution in [3.63, 3.8) is 0 Å². The highest BCUT2D eigenvalue weighted by Gasteiger charge is 2.18. The van der Waals surface area contributed by atoms with Crippen molar-refractivity contribution in [1.82, 2.24) is 0 Å². The topological polar surface area (TPSA) is 13.1 Å². The lowest BCUT2D eigenvalue weighted by Crippen LogP contribution is -1.84. The maximum atomic E-state index is 5.98. The average Bonchev–Trinajstić information content (AvgIpc) is 2.74. The summed E-state index contributed by atoms with van der Waals surface area (Å²) < 4.78 is 7.86. The molecule has 0 bridgehead atoms. The normalized spacial score (nSPS) is 13.1. The van der Waals surface area contributed by atoms with Gasteiger partial charge in [0.15, 0.2) is 4.67 Å². The van der Waals surface area contributed by atoms with Crippen molar-refractivity contribution in [2.24, 2.45) is 0 Å². The molecule has 0 aliphatic carbocycles. The van der Waals surface area contributed by atoms with E-state index >= 15 is 0 Å². The zero-order valence-electron chi connectivity index (χ0n) is 7.14. The van der Waals surface area contributed by atoms with E-state index < -0.39 is 0 Å². The summed E-state index contributed by atoms with van der Waals surface area (Å²) in [7, 11) is 0. The molecule has 0 aliphatic heterocycles. The van der Waals surface area contributed by atoms with E-state index in [2.05, 4.69) is 47.8 Å². The van der Waals surface area contributed by atoms with Gasteiger partial charge in [0.05, 0.1) is 0 Å². The van der Waals surface area contributed by atoms with Crippen molar-refractivity contribution in [2.75, 3.05) is 0 Å². The van der Waals surface area contributed by atoms with Gasteiger partial charge in [0, 0.05) is 9.35 Å². The lowest BCUT2D eigenvalue weighted by Gasteiger charge is -2.02. The van der Waals surface area contributed by atoms with Crippen LogP contribution >= 0.6 is 70.7 Å². The molecule has 1 unspecified atom stereocenters. The Hall–Kier alpha value is 0.710. The summed E-state index contributed by atoms with van der Waals surface area (Å²) in [5, 5.41) is 0. The predicted molar refractivity (Wildman–Crippen MR) is 74.2 cm³/mol. The van der Waals surface area contributed by atoms with Crippen LogP contribution in [0.15, 0.2) is 31.8 Å². The third-order valence-corrected chi connectivity index (χ3v) is 5.97. The molecular formula is C9H4Br3ClOS. The van der Waals surface area contributed by atoms with Gasteiger partial charge in [-0.15, -0.1) is 11.3 Å². The van der Waals surface area contributed by atoms with E-state index in [1.807, 2.05) is 18.2 Å². The Balaban J connectivity index is 2.31. The monoisotopic (exact) mass is 432 g/mol. The van der Waals surface area contributed by atoms with Crippen LogP contribution in [0.25, 0.3) is 0 Å². The van der Waals surface area contributed by atoms with Gasteiger partial charge in [-0.3, -0.25) is 0 Å². The minimum absolute atomic E-state index is 0.0394. The van der Waals surface area contributed by atoms with E-state index in [0.29, 0.717) is 0 Å². The van der Waals surface area contributed by atoms with Crippen molar-refractivity contribution in [2.45, 2.75) is 4.83 Å². The number of thiophene rings is 1. The van der Waals surface area contributed by atoms with Crippen LogP contribution in [0.5, 0.6) is 0 Å². The molecule has 2 aromatic heterocycles. The zero-order chi connectivity index (χ0) is 11.0. The molecule has 80 valence electrons. The van der Waals surface area contributed by atoms with Crippen molar-refractivity contribution in [3.05, 3.63) is 42.3 Å². The minimum Gasteiger partial charge on any atom is -0.453 e. The van der Waals surface area contributed by atoms with Gasteiger partial charge in [-0.1, -0.05) is 27.5 Å². The van der Waals surface area contributed by atoms with Gasteiger partial charge in [0.25, 0.3) is 0 Å². The first kappa shape index (κ1) is 12.2. The molecule has 2 rings (SSSR count). The van der Waals surface area contributed by atoms with E-state index in [4.69, 9.17) is 16.0 Å². The maximum Gasteiger partial charge on any atom is 0.169 e. The van der Waals surface area contributed by atoms with Crippen LogP contribution in [0.1, 0.15) is 15.5 Å². The first-order valence-electron chi connectivity index (χ1n) is 3.92. The molecule has 0 radical (unpaired) electrons. The molecule has 6 heteroatoms. The molecule has 2 aromatic rings. The number of alkyl halides is 1. The predicted octanol–water partition coefficient (Wildman–Crippen LogP) is 6.00. The summed E-state index contributed by atoms with van der Waals surface area (Å²) in [6.07, 6.45) is 0. The standard InChI is InChI=1S/C9H4Br3ClOS/c10-4-3-6(15-9(4)13)8(12)5-1-2-7(11)14-5/h1-3,8H. The Bertz CT molecular complexity index is 460. The number of furan rings is 1. The number of hydrogen-bond donors (Lipinski definition) is 0. The first-order valence-corrected chi connectivity index (χ1v) is 7.61. The van der Waals surface area contributed by atoms with Gasteiger partial charge in [0.1, 0.15) is 14.9 Å². The van der Waals surface area contributed by atoms with Crippen LogP contribution in [0.3, 0.4) is 0 Å². The molecule has 0 aromatic carbocycles. The van der Waals surface area contributed by atoms with Crippen molar-refractivity contribution < 1.29 is 4.42 Å². The second-order valence-electron chi connectivity index (χ2n) is 2.77. The minimum atomic E-state index is 0.0394. The van der Waals surface area contributed by atoms with Gasteiger partial charge >= 0.3 is 0 Å². The Morgan fingerprint density at radius 1 is 1.33 bits per heavy atom. The highest BCUT2D eigenvalue weighted by molar-refractivity contribution is 9.11. The van der Waals surface area contributed by atoms with Crippen molar-refractivity contribution in [3.8, 4) is 0 Å². The molecule has 15 heavy (non-hydrogen) atoms. The van der Waals surface area contributed by atoms with Crippen LogP contribution in [0.2, 0.25) is 4.34 Å². The Morgan fingerprint density at radius 3 is 2.53 bits per heavy atom. The first-order chi connectivity index (χ1) is 7.08. The van der Waals surface area contributed by atoms with Crippen LogP contribution in [0.4, 0.5) is 0 Å². The number of rotatable bonds is 2. The Morgan fingerprint density at radius 2 is 2.07 bits per heavy atom. The molecular weight excluding hydrogens is 431 g/mol. The van der Waals surface area contributed by atoms with E-state index in [9.17, 15) is 0 Å². The summed E-state index contributed by atoms with van der Waals surface area (Å²) >= 11 is 17.7. The van der Waals surface area contributed by atoms with Crippen molar-refractivity contribution >= 4 is 70.7 Å². The molecule has 1 atom stereocenters. The molecule has 0 saturated heterocycles. The quantitative estimate of drug-likeness (QED) is 0.527. The Labute approximate surface area is 121 Å². The smallest absolute Gasteiger partial charge is 0.169 e. The van der Waals surface area contributed by atoms with E-state index in [0.717, 1.165) is 24.1 Å². The average molecular weight is 435 g/mol. The molecule has 0 N–H and O–H groups in total. The second-order valence-corrected chi connectivity index (χ2v) is 7.01. The maximum absolute atomic E-state index is 5.98. The second kappa shape index (κ2) is 4.92. The highest BCUT2D eigenvalue weighted by Crippen LogP contribution is 2.41. The van der Waals surface area contributed by atoms with Gasteiger partial charge in [-0.2, -0.15) is 0 Å². The highest BCUT2D eigenvalue weighted by atomic mass is 79.9. The van der Waals surface area contributed by atoms with Gasteiger partial charge in [0.2, 0.25) is 0 Å². The largest absolute Gasteiger partial charge is 0.453 e. The molecule has 0 aliphatic rings. The van der Waals surface area contributed by atoms with Crippen LogP contribution in [-0.2, 0) is 0 Å². The lowest BCUT2D eigenvalue weighted by atomic mass is 10.3. The van der Waals surface area contributed by atoms with Gasteiger partial charge in [-0.25, -0.2) is 0 Å². The summed E-state index contributed by atoms with van der Waals surface area (Å²) in [6, 6.07) is 5.78. The Kier molecular flexibility index (Phi) is 3.99. The lowest BCUT2D eigenvalue weighted by molar-refractivity contribution is 0.498. The number of halogens is 4. The molecule has 1 nitrogen and oxygen atoms in total. The van der Waals surface area contributed by atoms with Crippen LogP contribution in [-0.4, -0.2) is 0 Å². The molecule has 0 saturated carbocycles. The molecule has 2 heterocycles. The van der Waals surface area contributed by atoms with Crippen LogP contribution in [0, 0.1) is 0 Å². The molecule has 0 spiro atoms. The summed E-state index contributed by atoms with van der Waals surface area (Å²) in [6.45, 7) is 0. The summed E-state index contributed by atoms with van der Waals surface area (Å²) in [5.41, 5.74) is 0. The fraction of sp³-hybridized carbons (Fsp3) is 0.111. The van der Waals surface area contributed by atoms with E-state index in [1.165, 1.54) is 11.3 Å². The number of hydrogen-bond acceptors (Lipinski definition) is 2. The summed E-state index contributed by atoms with van der Waals surface area (Å²) in [4.78, 5) is 1.14. The summed E-state index contributed by atoms with van der Waals surface area (Å²) in [5.74, 6) is 0.854. The van der Waals surface area contributed by atoms with Gasteiger partial charge < -0.3 is 4.42 Å². The fourth-order valence-electron chi connectivity index (χ4n) is 1.09. The molecule has 0 amide bonds.